The van der Waals surface area contributed by atoms with E-state index in [0.717, 1.165) is 18.0 Å². The van der Waals surface area contributed by atoms with Gasteiger partial charge in [0.05, 0.1) is 6.61 Å². The Kier molecular flexibility index (Phi) is 5.06. The van der Waals surface area contributed by atoms with Crippen molar-refractivity contribution >= 4 is 23.3 Å². The van der Waals surface area contributed by atoms with E-state index in [0.29, 0.717) is 24.3 Å². The molecule has 0 bridgehead atoms. The summed E-state index contributed by atoms with van der Waals surface area (Å²) < 4.78 is 16.5. The van der Waals surface area contributed by atoms with Crippen LogP contribution >= 0.6 is 11.6 Å². The summed E-state index contributed by atoms with van der Waals surface area (Å²) in [5.41, 5.74) is 1.24. The number of halogens is 1. The fourth-order valence-corrected chi connectivity index (χ4v) is 2.46. The van der Waals surface area contributed by atoms with Crippen LogP contribution in [0.5, 0.6) is 0 Å². The van der Waals surface area contributed by atoms with Crippen LogP contribution in [0.3, 0.4) is 0 Å². The van der Waals surface area contributed by atoms with Crippen LogP contribution in [0.4, 0.5) is 0 Å². The minimum absolute atomic E-state index is 0.00557. The fourth-order valence-electron chi connectivity index (χ4n) is 2.04. The molecule has 0 radical (unpaired) electrons. The second kappa shape index (κ2) is 6.57. The van der Waals surface area contributed by atoms with Crippen LogP contribution in [0.1, 0.15) is 12.5 Å². The molecule has 1 fully saturated rings. The summed E-state index contributed by atoms with van der Waals surface area (Å²) in [6.07, 6.45) is 0.942. The third-order valence-electron chi connectivity index (χ3n) is 3.19. The van der Waals surface area contributed by atoms with Crippen molar-refractivity contribution in [1.29, 1.82) is 0 Å². The first kappa shape index (κ1) is 13.9. The number of benzene rings is 1. The molecule has 3 nitrogen and oxygen atoms in total. The van der Waals surface area contributed by atoms with Gasteiger partial charge in [0.1, 0.15) is 6.10 Å². The molecule has 0 aliphatic carbocycles. The maximum Gasteiger partial charge on any atom is 0.464 e. The topological polar surface area (TPSA) is 38.3 Å². The van der Waals surface area contributed by atoms with Gasteiger partial charge in [0.2, 0.25) is 0 Å². The summed E-state index contributed by atoms with van der Waals surface area (Å²) >= 11 is 6.46. The molecule has 98 valence electrons. The molecule has 0 aromatic heterocycles. The Morgan fingerprint density at radius 1 is 1.50 bits per heavy atom. The average molecular weight is 287 g/mol. The van der Waals surface area contributed by atoms with Crippen molar-refractivity contribution < 1.29 is 8.95 Å². The highest BCUT2D eigenvalue weighted by atomic mass is 35.5. The van der Waals surface area contributed by atoms with E-state index in [9.17, 15) is 4.21 Å². The zero-order valence-corrected chi connectivity index (χ0v) is 11.8. The van der Waals surface area contributed by atoms with Gasteiger partial charge in [-0.3, -0.25) is 0 Å². The largest absolute Gasteiger partial charge is 0.464 e. The molecule has 0 saturated carbocycles. The molecule has 1 aliphatic rings. The summed E-state index contributed by atoms with van der Waals surface area (Å²) in [6, 6.07) is 8.18. The van der Waals surface area contributed by atoms with Crippen LogP contribution in [-0.2, 0) is 27.0 Å². The van der Waals surface area contributed by atoms with Gasteiger partial charge in [0.15, 0.2) is 0 Å². The minimum atomic E-state index is -0.00557. The Morgan fingerprint density at radius 2 is 2.22 bits per heavy atom. The quantitative estimate of drug-likeness (QED) is 0.861. The minimum Gasteiger partial charge on any atom is -0.369 e. The molecule has 0 unspecified atom stereocenters. The zero-order chi connectivity index (χ0) is 13.0. The molecular formula is C13H17ClNO2S+. The SMILES string of the molecule is C[C@H]([S+]=O)[C@H]1CN[C@@H](Cc2ccc(Cl)cc2)CO1. The monoisotopic (exact) mass is 286 g/mol. The van der Waals surface area contributed by atoms with E-state index in [1.807, 2.05) is 31.2 Å². The lowest BCUT2D eigenvalue weighted by atomic mass is 10.0. The molecule has 1 aliphatic heterocycles. The molecule has 5 heteroatoms. The van der Waals surface area contributed by atoms with Gasteiger partial charge in [-0.1, -0.05) is 23.7 Å². The Labute approximate surface area is 116 Å². The van der Waals surface area contributed by atoms with Gasteiger partial charge in [-0.15, -0.1) is 0 Å². The van der Waals surface area contributed by atoms with E-state index in [4.69, 9.17) is 16.3 Å². The van der Waals surface area contributed by atoms with Crippen molar-refractivity contribution in [2.24, 2.45) is 0 Å². The van der Waals surface area contributed by atoms with Crippen molar-refractivity contribution in [2.45, 2.75) is 30.7 Å². The van der Waals surface area contributed by atoms with E-state index in [-0.39, 0.29) is 11.4 Å². The molecule has 0 spiro atoms. The first-order chi connectivity index (χ1) is 8.69. The van der Waals surface area contributed by atoms with Crippen LogP contribution in [0.25, 0.3) is 0 Å². The van der Waals surface area contributed by atoms with Gasteiger partial charge in [-0.05, 0) is 31.0 Å². The lowest BCUT2D eigenvalue weighted by molar-refractivity contribution is 0.00558. The van der Waals surface area contributed by atoms with E-state index in [1.165, 1.54) is 5.56 Å². The third-order valence-corrected chi connectivity index (χ3v) is 4.05. The summed E-state index contributed by atoms with van der Waals surface area (Å²) in [5.74, 6) is 0. The van der Waals surface area contributed by atoms with Crippen LogP contribution in [0.15, 0.2) is 24.3 Å². The first-order valence-corrected chi connectivity index (χ1v) is 7.25. The second-order valence-electron chi connectivity index (χ2n) is 4.61. The Hall–Kier alpha value is -0.550. The van der Waals surface area contributed by atoms with E-state index in [1.54, 1.807) is 0 Å². The van der Waals surface area contributed by atoms with Crippen LogP contribution in [0.2, 0.25) is 5.02 Å². The highest BCUT2D eigenvalue weighted by Crippen LogP contribution is 2.14. The predicted molar refractivity (Wildman–Crippen MR) is 74.2 cm³/mol. The van der Waals surface area contributed by atoms with Crippen molar-refractivity contribution in [3.05, 3.63) is 34.9 Å². The molecule has 1 aromatic carbocycles. The van der Waals surface area contributed by atoms with Crippen molar-refractivity contribution in [1.82, 2.24) is 5.32 Å². The highest BCUT2D eigenvalue weighted by molar-refractivity contribution is 7.66. The molecule has 2 rings (SSSR count). The van der Waals surface area contributed by atoms with Crippen LogP contribution in [-0.4, -0.2) is 30.5 Å². The van der Waals surface area contributed by atoms with Crippen molar-refractivity contribution in [3.63, 3.8) is 0 Å². The summed E-state index contributed by atoms with van der Waals surface area (Å²) in [6.45, 7) is 3.30. The second-order valence-corrected chi connectivity index (χ2v) is 5.98. The van der Waals surface area contributed by atoms with Gasteiger partial charge in [-0.25, -0.2) is 0 Å². The number of ether oxygens (including phenoxy) is 1. The van der Waals surface area contributed by atoms with E-state index in [2.05, 4.69) is 5.32 Å². The van der Waals surface area contributed by atoms with Gasteiger partial charge < -0.3 is 10.1 Å². The van der Waals surface area contributed by atoms with Crippen LogP contribution in [0, 0.1) is 0 Å². The summed E-state index contributed by atoms with van der Waals surface area (Å²) in [4.78, 5) is 0. The molecular weight excluding hydrogens is 270 g/mol. The standard InChI is InChI=1S/C13H17ClNO2S/c1-9(18-16)13-7-15-12(8-17-13)6-10-2-4-11(14)5-3-10/h2-5,9,12-13,15H,6-8H2,1H3/q+1/t9-,12-,13+/m0/s1. The number of hydrogen-bond donors (Lipinski definition) is 1. The molecule has 3 atom stereocenters. The van der Waals surface area contributed by atoms with Gasteiger partial charge in [-0.2, -0.15) is 0 Å². The van der Waals surface area contributed by atoms with E-state index >= 15 is 0 Å². The van der Waals surface area contributed by atoms with Gasteiger partial charge in [0.25, 0.3) is 5.25 Å². The lowest BCUT2D eigenvalue weighted by Crippen LogP contribution is -2.50. The molecule has 1 N–H and O–H groups in total. The average Bonchev–Trinajstić information content (AvgIpc) is 2.41. The van der Waals surface area contributed by atoms with Crippen LogP contribution < -0.4 is 5.32 Å². The first-order valence-electron chi connectivity index (χ1n) is 6.07. The molecule has 1 aromatic rings. The zero-order valence-electron chi connectivity index (χ0n) is 10.3. The number of morpholine rings is 1. The summed E-state index contributed by atoms with van der Waals surface area (Å²) in [7, 11) is 0. The van der Waals surface area contributed by atoms with Crippen molar-refractivity contribution in [2.75, 3.05) is 13.2 Å². The molecule has 18 heavy (non-hydrogen) atoms. The van der Waals surface area contributed by atoms with Crippen molar-refractivity contribution in [3.8, 4) is 0 Å². The Morgan fingerprint density at radius 3 is 2.78 bits per heavy atom. The molecule has 0 amide bonds. The number of nitrogens with one attached hydrogen (secondary N) is 1. The highest BCUT2D eigenvalue weighted by Gasteiger charge is 2.32. The molecule has 1 saturated heterocycles. The molecule has 1 heterocycles. The smallest absolute Gasteiger partial charge is 0.369 e. The normalized spacial score (nSPS) is 25.7. The number of hydrogen-bond acceptors (Lipinski definition) is 3. The Balaban J connectivity index is 1.83. The van der Waals surface area contributed by atoms with E-state index < -0.39 is 0 Å². The Bertz CT molecular complexity index is 390. The third kappa shape index (κ3) is 3.72. The maximum absolute atomic E-state index is 10.7. The predicted octanol–water partition coefficient (Wildman–Crippen LogP) is 2.06. The van der Waals surface area contributed by atoms with Gasteiger partial charge >= 0.3 is 11.7 Å². The summed E-state index contributed by atoms with van der Waals surface area (Å²) in [5, 5.41) is 4.19. The number of rotatable bonds is 4. The maximum atomic E-state index is 10.7. The lowest BCUT2D eigenvalue weighted by Gasteiger charge is -2.29. The fraction of sp³-hybridized carbons (Fsp3) is 0.538. The van der Waals surface area contributed by atoms with Gasteiger partial charge in [0, 0.05) is 21.8 Å².